The SMILES string of the molecule is C[N+]1(CC(O)C[N+]2(O)CC[N+](O)(CC(O)CN3CCOCC3)CC2)CCN(CC(O)CN2CCOCC2)CC1. The van der Waals surface area contributed by atoms with Crippen LogP contribution in [0.25, 0.3) is 0 Å². The van der Waals surface area contributed by atoms with Gasteiger partial charge in [-0.3, -0.25) is 14.7 Å². The second kappa shape index (κ2) is 14.1. The number of hydroxylamine groups is 6. The van der Waals surface area contributed by atoms with Crippen molar-refractivity contribution in [2.45, 2.75) is 18.3 Å². The van der Waals surface area contributed by atoms with Crippen LogP contribution in [0.1, 0.15) is 0 Å². The predicted octanol–water partition coefficient (Wildman–Crippen LogP) is -3.08. The van der Waals surface area contributed by atoms with Crippen LogP contribution in [0.15, 0.2) is 0 Å². The summed E-state index contributed by atoms with van der Waals surface area (Å²) in [6, 6.07) is 0. The molecule has 3 unspecified atom stereocenters. The van der Waals surface area contributed by atoms with Crippen LogP contribution in [0.3, 0.4) is 0 Å². The molecule has 3 atom stereocenters. The molecule has 5 N–H and O–H groups in total. The molecule has 4 fully saturated rings. The molecule has 39 heavy (non-hydrogen) atoms. The van der Waals surface area contributed by atoms with Crippen molar-refractivity contribution in [3.05, 3.63) is 0 Å². The number of nitrogens with zero attached hydrogens (tertiary/aromatic N) is 6. The monoisotopic (exact) mass is 563 g/mol. The highest BCUT2D eigenvalue weighted by Gasteiger charge is 2.45. The van der Waals surface area contributed by atoms with Gasteiger partial charge in [-0.25, -0.2) is 10.4 Å². The molecule has 0 radical (unpaired) electrons. The minimum atomic E-state index is -0.649. The highest BCUT2D eigenvalue weighted by molar-refractivity contribution is 4.74. The van der Waals surface area contributed by atoms with Gasteiger partial charge in [0.15, 0.2) is 32.3 Å². The van der Waals surface area contributed by atoms with Crippen molar-refractivity contribution in [3.63, 3.8) is 0 Å². The van der Waals surface area contributed by atoms with E-state index in [2.05, 4.69) is 21.7 Å². The highest BCUT2D eigenvalue weighted by atomic mass is 16.6. The Labute approximate surface area is 233 Å². The molecule has 0 aliphatic carbocycles. The molecule has 0 saturated carbocycles. The van der Waals surface area contributed by atoms with E-state index < -0.39 is 12.2 Å². The molecule has 4 rings (SSSR count). The number of rotatable bonds is 12. The average molecular weight is 564 g/mol. The summed E-state index contributed by atoms with van der Waals surface area (Å²) in [4.78, 5) is 6.73. The van der Waals surface area contributed by atoms with Gasteiger partial charge in [-0.2, -0.15) is 9.29 Å². The largest absolute Gasteiger partial charge is 0.390 e. The summed E-state index contributed by atoms with van der Waals surface area (Å²) >= 11 is 0. The van der Waals surface area contributed by atoms with Crippen molar-refractivity contribution >= 4 is 0 Å². The van der Waals surface area contributed by atoms with Crippen LogP contribution in [-0.2, 0) is 9.47 Å². The number of hydrogen-bond donors (Lipinski definition) is 5. The summed E-state index contributed by atoms with van der Waals surface area (Å²) in [5, 5.41) is 54.3. The van der Waals surface area contributed by atoms with Gasteiger partial charge in [0.1, 0.15) is 25.7 Å². The predicted molar refractivity (Wildman–Crippen MR) is 143 cm³/mol. The Kier molecular flexibility index (Phi) is 11.4. The standard InChI is InChI=1S/C26H55N6O7/c1-30(8-2-27(3-9-30)18-24(33)19-28-4-14-38-15-5-28)21-26(35)23-32(37)12-10-31(36,11-13-32)22-25(34)20-29-6-16-39-17-7-29/h24-26,33-37H,2-23H2,1H3/q+3. The molecule has 0 aromatic heterocycles. The number of β-amino-alcohol motifs (C(OH)–C–C–N with tert-alkyl or cyclic N) is 2. The van der Waals surface area contributed by atoms with Crippen LogP contribution in [0, 0.1) is 0 Å². The van der Waals surface area contributed by atoms with Gasteiger partial charge in [-0.15, -0.1) is 0 Å². The number of piperazine rings is 2. The zero-order chi connectivity index (χ0) is 27.9. The third kappa shape index (κ3) is 10.1. The number of ether oxygens (including phenoxy) is 2. The maximum absolute atomic E-state index is 11.2. The molecular formula is C26H55N6O7+3. The number of likely N-dealkylation sites (N-methyl/N-ethyl adjacent to an activating group) is 1. The van der Waals surface area contributed by atoms with Crippen LogP contribution in [0.4, 0.5) is 0 Å². The molecule has 4 aliphatic heterocycles. The van der Waals surface area contributed by atoms with Crippen LogP contribution < -0.4 is 0 Å². The Bertz CT molecular complexity index is 724. The fourth-order valence-corrected chi connectivity index (χ4v) is 6.62. The number of hydrogen-bond acceptors (Lipinski definition) is 10. The van der Waals surface area contributed by atoms with Gasteiger partial charge in [0, 0.05) is 58.9 Å². The van der Waals surface area contributed by atoms with Crippen molar-refractivity contribution in [1.29, 1.82) is 0 Å². The van der Waals surface area contributed by atoms with Gasteiger partial charge in [0.05, 0.1) is 52.7 Å². The summed E-state index contributed by atoms with van der Waals surface area (Å²) < 4.78 is 11.0. The van der Waals surface area contributed by atoms with Crippen molar-refractivity contribution in [3.8, 4) is 0 Å². The fraction of sp³-hybridized carbons (Fsp3) is 1.00. The van der Waals surface area contributed by atoms with Gasteiger partial charge >= 0.3 is 0 Å². The minimum absolute atomic E-state index is 0.242. The minimum Gasteiger partial charge on any atom is -0.390 e. The van der Waals surface area contributed by atoms with E-state index in [1.807, 2.05) is 0 Å². The van der Waals surface area contributed by atoms with Crippen molar-refractivity contribution in [2.75, 3.05) is 151 Å². The van der Waals surface area contributed by atoms with E-state index in [4.69, 9.17) is 9.47 Å². The molecule has 4 heterocycles. The van der Waals surface area contributed by atoms with E-state index in [0.717, 1.165) is 70.1 Å². The van der Waals surface area contributed by atoms with Crippen LogP contribution in [0.2, 0.25) is 0 Å². The summed E-state index contributed by atoms with van der Waals surface area (Å²) in [7, 11) is 2.16. The van der Waals surface area contributed by atoms with Crippen LogP contribution in [-0.4, -0.2) is 224 Å². The summed E-state index contributed by atoms with van der Waals surface area (Å²) in [5.74, 6) is 0. The van der Waals surface area contributed by atoms with Gasteiger partial charge in [0.2, 0.25) is 0 Å². The smallest absolute Gasteiger partial charge is 0.161 e. The van der Waals surface area contributed by atoms with E-state index in [1.54, 1.807) is 0 Å². The Morgan fingerprint density at radius 2 is 0.923 bits per heavy atom. The number of morpholine rings is 2. The molecule has 0 bridgehead atoms. The lowest BCUT2D eigenvalue weighted by atomic mass is 10.1. The third-order valence-electron chi connectivity index (χ3n) is 9.14. The van der Waals surface area contributed by atoms with E-state index in [-0.39, 0.29) is 28.5 Å². The molecule has 4 aliphatic rings. The Balaban J connectivity index is 1.14. The second-order valence-corrected chi connectivity index (χ2v) is 12.8. The molecule has 228 valence electrons. The molecule has 0 aromatic carbocycles. The Hall–Kier alpha value is -0.520. The molecule has 0 aromatic rings. The summed E-state index contributed by atoms with van der Waals surface area (Å²) in [5.41, 5.74) is 0. The zero-order valence-corrected chi connectivity index (χ0v) is 24.0. The maximum Gasteiger partial charge on any atom is 0.161 e. The first-order valence-electron chi connectivity index (χ1n) is 14.9. The molecule has 13 heteroatoms. The first-order chi connectivity index (χ1) is 18.5. The van der Waals surface area contributed by atoms with Crippen molar-refractivity contribution in [1.82, 2.24) is 14.7 Å². The molecular weight excluding hydrogens is 508 g/mol. The lowest BCUT2D eigenvalue weighted by Gasteiger charge is -2.45. The van der Waals surface area contributed by atoms with Crippen molar-refractivity contribution in [2.24, 2.45) is 0 Å². The third-order valence-corrected chi connectivity index (χ3v) is 9.14. The van der Waals surface area contributed by atoms with E-state index in [1.165, 1.54) is 0 Å². The van der Waals surface area contributed by atoms with Crippen molar-refractivity contribution < 1.29 is 49.0 Å². The second-order valence-electron chi connectivity index (χ2n) is 12.8. The molecule has 0 amide bonds. The first-order valence-corrected chi connectivity index (χ1v) is 14.9. The first kappa shape index (κ1) is 31.4. The topological polar surface area (TPSA) is 129 Å². The maximum atomic E-state index is 11.2. The average Bonchev–Trinajstić information content (AvgIpc) is 2.88. The normalized spacial score (nSPS) is 34.0. The molecule has 13 nitrogen and oxygen atoms in total. The quantitative estimate of drug-likeness (QED) is 0.156. The lowest BCUT2D eigenvalue weighted by molar-refractivity contribution is -1.19. The summed E-state index contributed by atoms with van der Waals surface area (Å²) in [6.07, 6.45) is -1.66. The number of quaternary nitrogens is 3. The van der Waals surface area contributed by atoms with Crippen LogP contribution >= 0.6 is 0 Å². The highest BCUT2D eigenvalue weighted by Crippen LogP contribution is 2.19. The summed E-state index contributed by atoms with van der Waals surface area (Å²) in [6.45, 7) is 14.0. The number of aliphatic hydroxyl groups is 3. The van der Waals surface area contributed by atoms with E-state index in [0.29, 0.717) is 65.6 Å². The molecule has 4 saturated heterocycles. The molecule has 0 spiro atoms. The van der Waals surface area contributed by atoms with Crippen LogP contribution in [0.5, 0.6) is 0 Å². The lowest BCUT2D eigenvalue weighted by Crippen LogP contribution is -2.68. The van der Waals surface area contributed by atoms with Gasteiger partial charge in [-0.1, -0.05) is 0 Å². The zero-order valence-electron chi connectivity index (χ0n) is 24.0. The van der Waals surface area contributed by atoms with E-state index >= 15 is 0 Å². The number of aliphatic hydroxyl groups excluding tert-OH is 3. The fourth-order valence-electron chi connectivity index (χ4n) is 6.62. The Morgan fingerprint density at radius 1 is 0.538 bits per heavy atom. The van der Waals surface area contributed by atoms with Gasteiger partial charge < -0.3 is 29.3 Å². The Morgan fingerprint density at radius 3 is 1.38 bits per heavy atom. The van der Waals surface area contributed by atoms with E-state index in [9.17, 15) is 25.7 Å². The van der Waals surface area contributed by atoms with Gasteiger partial charge in [-0.05, 0) is 0 Å². The van der Waals surface area contributed by atoms with Gasteiger partial charge in [0.25, 0.3) is 0 Å².